The second-order valence-corrected chi connectivity index (χ2v) is 19.3. The zero-order valence-electron chi connectivity index (χ0n) is 27.7. The monoisotopic (exact) mass is 590 g/mol. The van der Waals surface area contributed by atoms with Crippen LogP contribution in [0.5, 0.6) is 0 Å². The average molecular weight is 590 g/mol. The minimum atomic E-state index is -2.28. The van der Waals surface area contributed by atoms with E-state index in [4.69, 9.17) is 0 Å². The van der Waals surface area contributed by atoms with Gasteiger partial charge in [0.2, 0.25) is 0 Å². The lowest BCUT2D eigenvalue weighted by molar-refractivity contribution is 0.342. The highest BCUT2D eigenvalue weighted by atomic mass is 31.2. The van der Waals surface area contributed by atoms with E-state index in [0.717, 1.165) is 69.4 Å². The minimum absolute atomic E-state index is 0.730. The summed E-state index contributed by atoms with van der Waals surface area (Å²) < 4.78 is 29.0. The number of unbranched alkanes of at least 4 members (excludes halogenated alkanes) is 17. The van der Waals surface area contributed by atoms with Crippen molar-refractivity contribution in [1.29, 1.82) is 0 Å². The Morgan fingerprint density at radius 2 is 0.615 bits per heavy atom. The van der Waals surface area contributed by atoms with Crippen LogP contribution in [0.2, 0.25) is 0 Å². The molecule has 0 aliphatic carbocycles. The Balaban J connectivity index is 5.57. The van der Waals surface area contributed by atoms with E-state index >= 15 is 0 Å². The predicted molar refractivity (Wildman–Crippen MR) is 181 cm³/mol. The van der Waals surface area contributed by atoms with Gasteiger partial charge in [-0.3, -0.25) is 4.90 Å². The molecule has 0 aromatic rings. The highest BCUT2D eigenvalue weighted by Crippen LogP contribution is 2.52. The van der Waals surface area contributed by atoms with E-state index in [9.17, 15) is 9.13 Å². The molecule has 0 heterocycles. The minimum Gasteiger partial charge on any atom is -0.322 e. The van der Waals surface area contributed by atoms with Gasteiger partial charge in [-0.2, -0.15) is 0 Å². The Morgan fingerprint density at radius 3 is 0.923 bits per heavy atom. The topological polar surface area (TPSA) is 37.4 Å². The van der Waals surface area contributed by atoms with E-state index in [-0.39, 0.29) is 0 Å². The van der Waals surface area contributed by atoms with Gasteiger partial charge in [-0.05, 0) is 38.6 Å². The Hall–Kier alpha value is 0.420. The first-order valence-corrected chi connectivity index (χ1v) is 22.3. The lowest BCUT2D eigenvalue weighted by atomic mass is 10.1. The van der Waals surface area contributed by atoms with Gasteiger partial charge in [0.25, 0.3) is 0 Å². The molecular formula is C34H73NO2P2. The second kappa shape index (κ2) is 27.3. The third-order valence-electron chi connectivity index (χ3n) is 8.42. The maximum absolute atomic E-state index is 14.5. The summed E-state index contributed by atoms with van der Waals surface area (Å²) in [6, 6.07) is 0. The molecule has 0 fully saturated rings. The molecule has 0 unspecified atom stereocenters. The quantitative estimate of drug-likeness (QED) is 0.0596. The van der Waals surface area contributed by atoms with Crippen molar-refractivity contribution in [3.8, 4) is 0 Å². The van der Waals surface area contributed by atoms with E-state index < -0.39 is 14.3 Å². The molecule has 236 valence electrons. The van der Waals surface area contributed by atoms with E-state index in [0.29, 0.717) is 0 Å². The fourth-order valence-electron chi connectivity index (χ4n) is 5.84. The predicted octanol–water partition coefficient (Wildman–Crippen LogP) is 12.6. The molecule has 0 radical (unpaired) electrons. The van der Waals surface area contributed by atoms with Crippen molar-refractivity contribution in [2.24, 2.45) is 0 Å². The summed E-state index contributed by atoms with van der Waals surface area (Å²) in [5.74, 6) is 0. The van der Waals surface area contributed by atoms with Gasteiger partial charge in [0.1, 0.15) is 14.3 Å². The van der Waals surface area contributed by atoms with E-state index in [1.54, 1.807) is 0 Å². The van der Waals surface area contributed by atoms with Crippen LogP contribution in [0.4, 0.5) is 0 Å². The van der Waals surface area contributed by atoms with Crippen molar-refractivity contribution < 1.29 is 9.13 Å². The lowest BCUT2D eigenvalue weighted by Crippen LogP contribution is -2.30. The van der Waals surface area contributed by atoms with Crippen LogP contribution in [0.15, 0.2) is 0 Å². The molecule has 0 bridgehead atoms. The molecule has 0 saturated heterocycles. The van der Waals surface area contributed by atoms with Crippen LogP contribution in [0.1, 0.15) is 176 Å². The Bertz CT molecular complexity index is 534. The fourth-order valence-corrected chi connectivity index (χ4v) is 12.2. The maximum atomic E-state index is 14.5. The van der Waals surface area contributed by atoms with Gasteiger partial charge in [-0.15, -0.1) is 0 Å². The Labute approximate surface area is 247 Å². The molecule has 0 rings (SSSR count). The van der Waals surface area contributed by atoms with Gasteiger partial charge in [-0.1, -0.05) is 144 Å². The first kappa shape index (κ1) is 39.4. The summed E-state index contributed by atoms with van der Waals surface area (Å²) in [5, 5.41) is 0. The van der Waals surface area contributed by atoms with Crippen LogP contribution >= 0.6 is 14.3 Å². The second-order valence-electron chi connectivity index (χ2n) is 12.7. The summed E-state index contributed by atoms with van der Waals surface area (Å²) in [6.07, 6.45) is 31.9. The van der Waals surface area contributed by atoms with Gasteiger partial charge >= 0.3 is 0 Å². The first-order chi connectivity index (χ1) is 18.9. The normalized spacial score (nSPS) is 12.6. The Kier molecular flexibility index (Phi) is 27.6. The average Bonchev–Trinajstić information content (AvgIpc) is 2.92. The van der Waals surface area contributed by atoms with Crippen molar-refractivity contribution in [3.05, 3.63) is 0 Å². The molecule has 0 aromatic heterocycles. The number of rotatable bonds is 31. The SMILES string of the molecule is CCCCCCCCN(CP(=O)(CCCCCC)CCCCCC)CP(=O)(CCCCCC)CCCCCC. The zero-order chi connectivity index (χ0) is 29.1. The summed E-state index contributed by atoms with van der Waals surface area (Å²) >= 11 is 0. The van der Waals surface area contributed by atoms with Gasteiger partial charge < -0.3 is 9.13 Å². The van der Waals surface area contributed by atoms with Gasteiger partial charge in [-0.25, -0.2) is 0 Å². The van der Waals surface area contributed by atoms with Gasteiger partial charge in [0.05, 0.1) is 12.6 Å². The molecule has 0 aliphatic rings. The number of hydrogen-bond acceptors (Lipinski definition) is 3. The van der Waals surface area contributed by atoms with Crippen LogP contribution in [0.25, 0.3) is 0 Å². The van der Waals surface area contributed by atoms with Crippen LogP contribution < -0.4 is 0 Å². The summed E-state index contributed by atoms with van der Waals surface area (Å²) in [6.45, 7) is 12.3. The van der Waals surface area contributed by atoms with Gasteiger partial charge in [0, 0.05) is 24.6 Å². The molecule has 3 nitrogen and oxygen atoms in total. The molecule has 39 heavy (non-hydrogen) atoms. The largest absolute Gasteiger partial charge is 0.322 e. The highest BCUT2D eigenvalue weighted by molar-refractivity contribution is 7.64. The summed E-state index contributed by atoms with van der Waals surface area (Å²) in [4.78, 5) is 2.49. The molecule has 5 heteroatoms. The molecule has 0 saturated carbocycles. The van der Waals surface area contributed by atoms with Crippen LogP contribution in [0.3, 0.4) is 0 Å². The number of nitrogens with zero attached hydrogens (tertiary/aromatic N) is 1. The van der Waals surface area contributed by atoms with Gasteiger partial charge in [0.15, 0.2) is 0 Å². The molecule has 0 aromatic carbocycles. The standard InChI is InChI=1S/C34H73NO2P2/c1-6-11-16-21-22-23-28-35(33-38(36,29-24-17-12-7-2)30-25-18-13-8-3)34-39(37,31-26-19-14-9-4)32-27-20-15-10-5/h6-34H2,1-5H3. The van der Waals surface area contributed by atoms with Crippen LogP contribution in [-0.4, -0.2) is 48.7 Å². The third kappa shape index (κ3) is 23.6. The smallest absolute Gasteiger partial charge is 0.101 e. The van der Waals surface area contributed by atoms with E-state index in [2.05, 4.69) is 39.5 Å². The zero-order valence-corrected chi connectivity index (χ0v) is 29.5. The summed E-state index contributed by atoms with van der Waals surface area (Å²) in [7, 11) is -4.55. The van der Waals surface area contributed by atoms with Crippen LogP contribution in [0, 0.1) is 0 Å². The van der Waals surface area contributed by atoms with Crippen molar-refractivity contribution in [1.82, 2.24) is 4.90 Å². The molecule has 0 aliphatic heterocycles. The van der Waals surface area contributed by atoms with Crippen molar-refractivity contribution in [2.45, 2.75) is 176 Å². The lowest BCUT2D eigenvalue weighted by Gasteiger charge is -2.32. The summed E-state index contributed by atoms with van der Waals surface area (Å²) in [5.41, 5.74) is 0. The number of hydrogen-bond donors (Lipinski definition) is 0. The first-order valence-electron chi connectivity index (χ1n) is 17.7. The molecule has 0 spiro atoms. The van der Waals surface area contributed by atoms with Crippen molar-refractivity contribution in [2.75, 3.05) is 43.8 Å². The molecule has 0 N–H and O–H groups in total. The van der Waals surface area contributed by atoms with Crippen LogP contribution in [-0.2, 0) is 9.13 Å². The third-order valence-corrected chi connectivity index (χ3v) is 14.8. The van der Waals surface area contributed by atoms with Crippen molar-refractivity contribution in [3.63, 3.8) is 0 Å². The van der Waals surface area contributed by atoms with Crippen molar-refractivity contribution >= 4 is 14.3 Å². The highest BCUT2D eigenvalue weighted by Gasteiger charge is 2.30. The maximum Gasteiger partial charge on any atom is 0.101 e. The molecule has 0 amide bonds. The van der Waals surface area contributed by atoms with E-state index in [1.165, 1.54) is 116 Å². The molecular weight excluding hydrogens is 516 g/mol. The fraction of sp³-hybridized carbons (Fsp3) is 1.00. The van der Waals surface area contributed by atoms with E-state index in [1.807, 2.05) is 0 Å². The molecule has 0 atom stereocenters. The Morgan fingerprint density at radius 1 is 0.359 bits per heavy atom.